The molecule has 0 atom stereocenters. The summed E-state index contributed by atoms with van der Waals surface area (Å²) < 4.78 is 1.86. The summed E-state index contributed by atoms with van der Waals surface area (Å²) in [5.74, 6) is -0.0635. The van der Waals surface area contributed by atoms with E-state index in [1.807, 2.05) is 71.5 Å². The largest absolute Gasteiger partial charge is 0.350 e. The van der Waals surface area contributed by atoms with Crippen molar-refractivity contribution in [2.75, 3.05) is 0 Å². The fraction of sp³-hybridized carbons (Fsp3) is 0.273. The van der Waals surface area contributed by atoms with Crippen LogP contribution in [0.15, 0.2) is 66.9 Å². The van der Waals surface area contributed by atoms with Crippen LogP contribution in [0.1, 0.15) is 31.2 Å². The van der Waals surface area contributed by atoms with Crippen LogP contribution in [0.3, 0.4) is 0 Å². The molecule has 4 rings (SSSR count). The summed E-state index contributed by atoms with van der Waals surface area (Å²) >= 11 is 0. The average molecular weight is 397 g/mol. The third-order valence-electron chi connectivity index (χ3n) is 5.25. The van der Waals surface area contributed by atoms with E-state index >= 15 is 0 Å². The average Bonchev–Trinajstić information content (AvgIpc) is 3.35. The smallest absolute Gasteiger partial charge is 0.240 e. The molecule has 2 aromatic carbocycles. The number of rotatable bonds is 5. The minimum atomic E-state index is -0.720. The Morgan fingerprint density at radius 2 is 1.64 bits per heavy atom. The molecule has 0 aliphatic heterocycles. The van der Waals surface area contributed by atoms with Gasteiger partial charge in [-0.05, 0) is 25.0 Å². The predicted octanol–water partition coefficient (Wildman–Crippen LogP) is 3.85. The second kappa shape index (κ2) is 8.59. The van der Waals surface area contributed by atoms with E-state index in [1.54, 1.807) is 0 Å². The number of aromatic nitrogens is 2. The molecular formula is C22H25ClN4O. The number of nitrogens with two attached hydrogens (primary N) is 1. The van der Waals surface area contributed by atoms with Gasteiger partial charge in [-0.3, -0.25) is 4.79 Å². The Kier molecular flexibility index (Phi) is 6.17. The van der Waals surface area contributed by atoms with Gasteiger partial charge >= 0.3 is 0 Å². The molecule has 0 spiro atoms. The van der Waals surface area contributed by atoms with Crippen LogP contribution in [0.25, 0.3) is 16.9 Å². The van der Waals surface area contributed by atoms with Crippen molar-refractivity contribution >= 4 is 18.3 Å². The van der Waals surface area contributed by atoms with Crippen LogP contribution in [-0.2, 0) is 11.3 Å². The van der Waals surface area contributed by atoms with Gasteiger partial charge in [-0.2, -0.15) is 5.10 Å². The SMILES string of the molecule is Cl.NC1(C(=O)NCc2cn(-c3ccccc3)nc2-c2ccccc2)CCCC1. The fourth-order valence-corrected chi connectivity index (χ4v) is 3.68. The first-order valence-electron chi connectivity index (χ1n) is 9.42. The Hall–Kier alpha value is -2.63. The summed E-state index contributed by atoms with van der Waals surface area (Å²) in [6, 6.07) is 20.0. The highest BCUT2D eigenvalue weighted by Gasteiger charge is 2.36. The van der Waals surface area contributed by atoms with Crippen molar-refractivity contribution in [3.63, 3.8) is 0 Å². The summed E-state index contributed by atoms with van der Waals surface area (Å²) in [7, 11) is 0. The molecular weight excluding hydrogens is 372 g/mol. The molecule has 3 N–H and O–H groups in total. The van der Waals surface area contributed by atoms with E-state index in [9.17, 15) is 4.79 Å². The lowest BCUT2D eigenvalue weighted by Gasteiger charge is -2.22. The van der Waals surface area contributed by atoms with Crippen molar-refractivity contribution in [1.82, 2.24) is 15.1 Å². The first-order chi connectivity index (χ1) is 13.2. The first kappa shape index (κ1) is 20.1. The maximum Gasteiger partial charge on any atom is 0.240 e. The molecule has 1 fully saturated rings. The summed E-state index contributed by atoms with van der Waals surface area (Å²) in [6.45, 7) is 0.412. The standard InChI is InChI=1S/C22H24N4O.ClH/c23-22(13-7-8-14-22)21(27)24-15-18-16-26(19-11-5-2-6-12-19)25-20(18)17-9-3-1-4-10-17;/h1-6,9-12,16H,7-8,13-15,23H2,(H,24,27);1H. The molecule has 0 bridgehead atoms. The van der Waals surface area contributed by atoms with Crippen molar-refractivity contribution in [1.29, 1.82) is 0 Å². The third-order valence-corrected chi connectivity index (χ3v) is 5.25. The predicted molar refractivity (Wildman–Crippen MR) is 113 cm³/mol. The van der Waals surface area contributed by atoms with Crippen molar-refractivity contribution in [3.8, 4) is 16.9 Å². The second-order valence-electron chi connectivity index (χ2n) is 7.20. The lowest BCUT2D eigenvalue weighted by molar-refractivity contribution is -0.126. The number of hydrogen-bond donors (Lipinski definition) is 2. The number of carbonyl (C=O) groups excluding carboxylic acids is 1. The number of benzene rings is 2. The Bertz CT molecular complexity index is 918. The molecule has 3 aromatic rings. The van der Waals surface area contributed by atoms with Crippen molar-refractivity contribution < 1.29 is 4.79 Å². The molecule has 6 heteroatoms. The van der Waals surface area contributed by atoms with E-state index in [-0.39, 0.29) is 18.3 Å². The quantitative estimate of drug-likeness (QED) is 0.688. The number of halogens is 1. The van der Waals surface area contributed by atoms with Crippen molar-refractivity contribution in [3.05, 3.63) is 72.4 Å². The van der Waals surface area contributed by atoms with Crippen LogP contribution in [-0.4, -0.2) is 21.2 Å². The zero-order valence-corrected chi connectivity index (χ0v) is 16.5. The number of hydrogen-bond acceptors (Lipinski definition) is 3. The maximum absolute atomic E-state index is 12.6. The molecule has 1 heterocycles. The van der Waals surface area contributed by atoms with Crippen LogP contribution in [0, 0.1) is 0 Å². The van der Waals surface area contributed by atoms with E-state index in [0.29, 0.717) is 6.54 Å². The van der Waals surface area contributed by atoms with E-state index in [1.165, 1.54) is 0 Å². The number of carbonyl (C=O) groups is 1. The number of amides is 1. The van der Waals surface area contributed by atoms with Gasteiger partial charge in [0, 0.05) is 23.9 Å². The topological polar surface area (TPSA) is 72.9 Å². The summed E-state index contributed by atoms with van der Waals surface area (Å²) in [4.78, 5) is 12.6. The van der Waals surface area contributed by atoms with Gasteiger partial charge in [-0.1, -0.05) is 61.4 Å². The number of para-hydroxylation sites is 1. The van der Waals surface area contributed by atoms with E-state index in [0.717, 1.165) is 48.2 Å². The summed E-state index contributed by atoms with van der Waals surface area (Å²) in [5, 5.41) is 7.82. The van der Waals surface area contributed by atoms with Crippen LogP contribution in [0.5, 0.6) is 0 Å². The Labute approximate surface area is 171 Å². The van der Waals surface area contributed by atoms with Gasteiger partial charge in [0.15, 0.2) is 0 Å². The number of nitrogens with zero attached hydrogens (tertiary/aromatic N) is 2. The molecule has 1 saturated carbocycles. The Morgan fingerprint density at radius 3 is 2.29 bits per heavy atom. The summed E-state index contributed by atoms with van der Waals surface area (Å²) in [5.41, 5.74) is 9.42. The molecule has 0 radical (unpaired) electrons. The lowest BCUT2D eigenvalue weighted by atomic mass is 9.98. The van der Waals surface area contributed by atoms with Crippen LogP contribution < -0.4 is 11.1 Å². The second-order valence-corrected chi connectivity index (χ2v) is 7.20. The van der Waals surface area contributed by atoms with Gasteiger partial charge < -0.3 is 11.1 Å². The fourth-order valence-electron chi connectivity index (χ4n) is 3.68. The highest BCUT2D eigenvalue weighted by molar-refractivity contribution is 5.86. The van der Waals surface area contributed by atoms with E-state index in [2.05, 4.69) is 5.32 Å². The monoisotopic (exact) mass is 396 g/mol. The van der Waals surface area contributed by atoms with Crippen LogP contribution in [0.2, 0.25) is 0 Å². The molecule has 5 nitrogen and oxygen atoms in total. The molecule has 1 amide bonds. The van der Waals surface area contributed by atoms with Gasteiger partial charge in [0.1, 0.15) is 0 Å². The maximum atomic E-state index is 12.6. The van der Waals surface area contributed by atoms with Gasteiger partial charge in [0.25, 0.3) is 0 Å². The van der Waals surface area contributed by atoms with Gasteiger partial charge in [0.05, 0.1) is 16.9 Å². The van der Waals surface area contributed by atoms with Crippen LogP contribution >= 0.6 is 12.4 Å². The zero-order chi connectivity index (χ0) is 18.7. The summed E-state index contributed by atoms with van der Waals surface area (Å²) in [6.07, 6.45) is 5.54. The molecule has 146 valence electrons. The van der Waals surface area contributed by atoms with E-state index in [4.69, 9.17) is 10.8 Å². The highest BCUT2D eigenvalue weighted by Crippen LogP contribution is 2.28. The highest BCUT2D eigenvalue weighted by atomic mass is 35.5. The first-order valence-corrected chi connectivity index (χ1v) is 9.42. The van der Waals surface area contributed by atoms with Gasteiger partial charge in [0.2, 0.25) is 5.91 Å². The van der Waals surface area contributed by atoms with Gasteiger partial charge in [-0.25, -0.2) is 4.68 Å². The normalized spacial score (nSPS) is 15.0. The molecule has 0 saturated heterocycles. The Balaban J connectivity index is 0.00000225. The number of nitrogens with one attached hydrogen (secondary N) is 1. The lowest BCUT2D eigenvalue weighted by Crippen LogP contribution is -2.51. The van der Waals surface area contributed by atoms with Crippen molar-refractivity contribution in [2.45, 2.75) is 37.8 Å². The van der Waals surface area contributed by atoms with Gasteiger partial charge in [-0.15, -0.1) is 12.4 Å². The molecule has 0 unspecified atom stereocenters. The molecule has 28 heavy (non-hydrogen) atoms. The minimum Gasteiger partial charge on any atom is -0.350 e. The molecule has 1 aliphatic carbocycles. The van der Waals surface area contributed by atoms with Crippen LogP contribution in [0.4, 0.5) is 0 Å². The zero-order valence-electron chi connectivity index (χ0n) is 15.7. The van der Waals surface area contributed by atoms with E-state index < -0.39 is 5.54 Å². The third kappa shape index (κ3) is 4.11. The van der Waals surface area contributed by atoms with Crippen molar-refractivity contribution in [2.24, 2.45) is 5.73 Å². The minimum absolute atomic E-state index is 0. The molecule has 1 aromatic heterocycles. The molecule has 1 aliphatic rings. The Morgan fingerprint density at radius 1 is 1.04 bits per heavy atom.